The van der Waals surface area contributed by atoms with E-state index in [0.717, 1.165) is 43.5 Å². The number of hydrogen-bond acceptors (Lipinski definition) is 5. The highest BCUT2D eigenvalue weighted by molar-refractivity contribution is 14.1. The summed E-state index contributed by atoms with van der Waals surface area (Å²) >= 11 is 8.94. The minimum absolute atomic E-state index is 0.243. The number of benzene rings is 2. The summed E-state index contributed by atoms with van der Waals surface area (Å²) < 4.78 is 20.6. The van der Waals surface area contributed by atoms with Crippen LogP contribution in [0.2, 0.25) is 0 Å². The van der Waals surface area contributed by atoms with Gasteiger partial charge in [0.2, 0.25) is 0 Å². The lowest BCUT2D eigenvalue weighted by Crippen LogP contribution is -2.07. The van der Waals surface area contributed by atoms with Crippen LogP contribution in [0.1, 0.15) is 12.0 Å². The molecule has 2 aromatic rings. The van der Waals surface area contributed by atoms with Gasteiger partial charge in [-0.15, -0.1) is 0 Å². The highest BCUT2D eigenvalue weighted by atomic mass is 127. The van der Waals surface area contributed by atoms with Gasteiger partial charge in [0.15, 0.2) is 5.75 Å². The molecule has 5 nitrogen and oxygen atoms in total. The van der Waals surface area contributed by atoms with Crippen LogP contribution in [0.4, 0.5) is 0 Å². The van der Waals surface area contributed by atoms with Crippen LogP contribution < -0.4 is 15.2 Å². The third-order valence-corrected chi connectivity index (χ3v) is 6.63. The summed E-state index contributed by atoms with van der Waals surface area (Å²) in [6, 6.07) is 7.79. The molecule has 0 radical (unpaired) electrons. The van der Waals surface area contributed by atoms with E-state index < -0.39 is 0 Å². The lowest BCUT2D eigenvalue weighted by atomic mass is 10.1. The van der Waals surface area contributed by atoms with Crippen molar-refractivity contribution in [2.24, 2.45) is 5.73 Å². The Kier molecular flexibility index (Phi) is 10.1. The third kappa shape index (κ3) is 6.99. The van der Waals surface area contributed by atoms with Gasteiger partial charge < -0.3 is 19.9 Å². The molecule has 0 aromatic heterocycles. The Morgan fingerprint density at radius 3 is 2.04 bits per heavy atom. The number of nitrogens with two attached hydrogens (primary N) is 1. The fourth-order valence-electron chi connectivity index (χ4n) is 2.16. The van der Waals surface area contributed by atoms with Gasteiger partial charge in [-0.2, -0.15) is 0 Å². The zero-order chi connectivity index (χ0) is 20.0. The molecule has 0 aliphatic rings. The smallest absolute Gasteiger partial charge is 0.309 e. The van der Waals surface area contributed by atoms with E-state index in [2.05, 4.69) is 90.4 Å². The molecular formula is C18H17I4NO4. The van der Waals surface area contributed by atoms with Crippen LogP contribution in [0.3, 0.4) is 0 Å². The van der Waals surface area contributed by atoms with E-state index in [-0.39, 0.29) is 12.4 Å². The van der Waals surface area contributed by atoms with Gasteiger partial charge in [-0.25, -0.2) is 0 Å². The van der Waals surface area contributed by atoms with Crippen LogP contribution >= 0.6 is 90.4 Å². The summed E-state index contributed by atoms with van der Waals surface area (Å²) in [6.45, 7) is 1.21. The predicted octanol–water partition coefficient (Wildman–Crippen LogP) is 5.34. The lowest BCUT2D eigenvalue weighted by Gasteiger charge is -2.15. The zero-order valence-electron chi connectivity index (χ0n) is 14.4. The van der Waals surface area contributed by atoms with Crippen molar-refractivity contribution < 1.29 is 19.0 Å². The van der Waals surface area contributed by atoms with Crippen molar-refractivity contribution >= 4 is 96.3 Å². The second-order valence-electron chi connectivity index (χ2n) is 5.45. The quantitative estimate of drug-likeness (QED) is 0.222. The summed E-state index contributed by atoms with van der Waals surface area (Å²) in [5.74, 6) is 2.11. The second-order valence-corrected chi connectivity index (χ2v) is 10.1. The number of carbonyl (C=O) groups is 1. The number of hydrogen-bond donors (Lipinski definition) is 1. The van der Waals surface area contributed by atoms with E-state index in [0.29, 0.717) is 13.2 Å². The molecule has 0 spiro atoms. The summed E-state index contributed by atoms with van der Waals surface area (Å²) in [7, 11) is 1.39. The molecule has 0 unspecified atom stereocenters. The highest BCUT2D eigenvalue weighted by Crippen LogP contribution is 2.37. The zero-order valence-corrected chi connectivity index (χ0v) is 23.0. The molecular weight excluding hydrogens is 802 g/mol. The number of ether oxygens (including phenoxy) is 3. The Balaban J connectivity index is 2.22. The van der Waals surface area contributed by atoms with Crippen molar-refractivity contribution in [2.75, 3.05) is 20.3 Å². The molecule has 0 aliphatic carbocycles. The molecule has 2 N–H and O–H groups in total. The van der Waals surface area contributed by atoms with Crippen molar-refractivity contribution in [3.63, 3.8) is 0 Å². The second kappa shape index (κ2) is 11.5. The van der Waals surface area contributed by atoms with Gasteiger partial charge in [-0.05, 0) is 133 Å². The van der Waals surface area contributed by atoms with E-state index in [1.165, 1.54) is 7.11 Å². The van der Waals surface area contributed by atoms with Crippen molar-refractivity contribution in [1.29, 1.82) is 0 Å². The van der Waals surface area contributed by atoms with Gasteiger partial charge in [0.25, 0.3) is 0 Å². The molecule has 0 saturated heterocycles. The van der Waals surface area contributed by atoms with Gasteiger partial charge in [0.05, 0.1) is 34.4 Å². The van der Waals surface area contributed by atoms with Crippen LogP contribution in [0.25, 0.3) is 0 Å². The van der Waals surface area contributed by atoms with E-state index >= 15 is 0 Å². The molecule has 0 saturated carbocycles. The molecule has 0 fully saturated rings. The standard InChI is InChI=1S/C18H17I4NO4/c1-25-16(24)7-10-5-12(19)18(13(20)6-10)27-11-8-14(21)17(15(22)9-11)26-4-2-3-23/h5-6,8-9H,2-4,7,23H2,1H3. The monoisotopic (exact) mass is 819 g/mol. The van der Waals surface area contributed by atoms with Crippen LogP contribution in [-0.2, 0) is 16.0 Å². The predicted molar refractivity (Wildman–Crippen MR) is 139 cm³/mol. The number of methoxy groups -OCH3 is 1. The van der Waals surface area contributed by atoms with E-state index in [4.69, 9.17) is 19.9 Å². The Bertz CT molecular complexity index is 783. The average molecular weight is 819 g/mol. The Morgan fingerprint density at radius 2 is 1.52 bits per heavy atom. The highest BCUT2D eigenvalue weighted by Gasteiger charge is 2.15. The van der Waals surface area contributed by atoms with Crippen LogP contribution in [0.5, 0.6) is 17.2 Å². The summed E-state index contributed by atoms with van der Waals surface area (Å²) in [4.78, 5) is 11.5. The number of carbonyl (C=O) groups excluding carboxylic acids is 1. The largest absolute Gasteiger partial charge is 0.491 e. The minimum Gasteiger partial charge on any atom is -0.491 e. The lowest BCUT2D eigenvalue weighted by molar-refractivity contribution is -0.139. The number of halogens is 4. The van der Waals surface area contributed by atoms with Crippen LogP contribution in [0, 0.1) is 14.3 Å². The maximum Gasteiger partial charge on any atom is 0.309 e. The number of rotatable bonds is 8. The summed E-state index contributed by atoms with van der Waals surface area (Å²) in [5.41, 5.74) is 6.42. The summed E-state index contributed by atoms with van der Waals surface area (Å²) in [6.07, 6.45) is 1.06. The molecule has 146 valence electrons. The minimum atomic E-state index is -0.260. The van der Waals surface area contributed by atoms with E-state index in [1.807, 2.05) is 24.3 Å². The molecule has 0 bridgehead atoms. The molecule has 27 heavy (non-hydrogen) atoms. The fourth-order valence-corrected chi connectivity index (χ4v) is 6.30. The van der Waals surface area contributed by atoms with Crippen molar-refractivity contribution in [3.05, 3.63) is 44.1 Å². The van der Waals surface area contributed by atoms with Gasteiger partial charge in [0, 0.05) is 0 Å². The SMILES string of the molecule is COC(=O)Cc1cc(I)c(Oc2cc(I)c(OCCCN)c(I)c2)c(I)c1. The topological polar surface area (TPSA) is 70.8 Å². The number of esters is 1. The molecule has 0 heterocycles. The van der Waals surface area contributed by atoms with Crippen LogP contribution in [0.15, 0.2) is 24.3 Å². The maximum atomic E-state index is 11.5. The van der Waals surface area contributed by atoms with E-state index in [1.54, 1.807) is 0 Å². The first-order chi connectivity index (χ1) is 12.8. The Morgan fingerprint density at radius 1 is 0.963 bits per heavy atom. The maximum absolute atomic E-state index is 11.5. The van der Waals surface area contributed by atoms with E-state index in [9.17, 15) is 4.79 Å². The van der Waals surface area contributed by atoms with Gasteiger partial charge in [-0.1, -0.05) is 0 Å². The molecule has 2 rings (SSSR count). The first-order valence-electron chi connectivity index (χ1n) is 7.90. The molecule has 0 atom stereocenters. The first-order valence-corrected chi connectivity index (χ1v) is 12.2. The van der Waals surface area contributed by atoms with Gasteiger partial charge in [-0.3, -0.25) is 4.79 Å². The molecule has 9 heteroatoms. The fraction of sp³-hybridized carbons (Fsp3) is 0.278. The van der Waals surface area contributed by atoms with Crippen molar-refractivity contribution in [3.8, 4) is 17.2 Å². The first kappa shape index (κ1) is 23.7. The molecule has 2 aromatic carbocycles. The summed E-state index contributed by atoms with van der Waals surface area (Å²) in [5, 5.41) is 0. The van der Waals surface area contributed by atoms with Crippen molar-refractivity contribution in [2.45, 2.75) is 12.8 Å². The molecule has 0 amide bonds. The van der Waals surface area contributed by atoms with Crippen LogP contribution in [-0.4, -0.2) is 26.2 Å². The third-order valence-electron chi connectivity index (χ3n) is 3.42. The van der Waals surface area contributed by atoms with Gasteiger partial charge in [0.1, 0.15) is 11.5 Å². The average Bonchev–Trinajstić information content (AvgIpc) is 2.60. The Labute approximate surface area is 213 Å². The molecule has 0 aliphatic heterocycles. The van der Waals surface area contributed by atoms with Gasteiger partial charge >= 0.3 is 5.97 Å². The Hall–Kier alpha value is 0.390. The van der Waals surface area contributed by atoms with Crippen molar-refractivity contribution in [1.82, 2.24) is 0 Å². The normalized spacial score (nSPS) is 10.6.